The summed E-state index contributed by atoms with van der Waals surface area (Å²) in [6.07, 6.45) is -15.5. The third-order valence-electron chi connectivity index (χ3n) is 9.56. The zero-order valence-corrected chi connectivity index (χ0v) is 28.1. The molecule has 0 N–H and O–H groups in total. The number of hydrogen-bond donors (Lipinski definition) is 0. The molecule has 4 aromatic rings. The third kappa shape index (κ3) is 6.01. The Balaban J connectivity index is 1.19. The van der Waals surface area contributed by atoms with Crippen LogP contribution in [0, 0.1) is 6.92 Å². The predicted octanol–water partition coefficient (Wildman–Crippen LogP) is 11.3. The molecule has 2 fully saturated rings. The average Bonchev–Trinajstić information content (AvgIpc) is 3.08. The number of methoxy groups -OCH3 is 1. The molecule has 4 unspecified atom stereocenters. The first-order valence-corrected chi connectivity index (χ1v) is 15.9. The van der Waals surface area contributed by atoms with Gasteiger partial charge in [-0.25, -0.2) is 0 Å². The van der Waals surface area contributed by atoms with Crippen LogP contribution in [0.2, 0.25) is 0 Å². The fourth-order valence-corrected chi connectivity index (χ4v) is 6.54. The summed E-state index contributed by atoms with van der Waals surface area (Å²) in [4.78, 5) is 0. The van der Waals surface area contributed by atoms with Gasteiger partial charge < -0.3 is 18.9 Å². The molecule has 55 heavy (non-hydrogen) atoms. The Kier molecular flexibility index (Phi) is 9.18. The number of benzene rings is 4. The highest BCUT2D eigenvalue weighted by Gasteiger charge is 2.86. The second kappa shape index (κ2) is 12.6. The van der Waals surface area contributed by atoms with Crippen LogP contribution in [0.15, 0.2) is 97.1 Å². The zero-order valence-electron chi connectivity index (χ0n) is 28.1. The number of alkyl halides is 14. The molecule has 0 saturated heterocycles. The maximum atomic E-state index is 15.8. The molecule has 18 heteroatoms. The molecule has 0 radical (unpaired) electrons. The summed E-state index contributed by atoms with van der Waals surface area (Å²) in [6.45, 7) is 1.44. The summed E-state index contributed by atoms with van der Waals surface area (Å²) in [5, 5.41) is 0. The lowest BCUT2D eigenvalue weighted by Gasteiger charge is -2.51. The van der Waals surface area contributed by atoms with Crippen LogP contribution in [-0.2, 0) is 10.2 Å². The highest BCUT2D eigenvalue weighted by Crippen LogP contribution is 2.62. The number of ether oxygens (including phenoxy) is 4. The van der Waals surface area contributed by atoms with Gasteiger partial charge in [0.2, 0.25) is 5.41 Å². The van der Waals surface area contributed by atoms with Crippen molar-refractivity contribution in [3.05, 3.63) is 114 Å². The number of aryl methyl sites for hydroxylation is 1. The molecule has 0 aliphatic heterocycles. The molecular weight excluding hydrogens is 774 g/mol. The molecule has 4 aromatic carbocycles. The molecule has 2 aliphatic rings. The first kappa shape index (κ1) is 39.9. The van der Waals surface area contributed by atoms with Gasteiger partial charge in [0.1, 0.15) is 17.2 Å². The van der Waals surface area contributed by atoms with Crippen LogP contribution in [0.5, 0.6) is 17.2 Å². The maximum absolute atomic E-state index is 15.8. The smallest absolute Gasteiger partial charge is 0.411 e. The van der Waals surface area contributed by atoms with Crippen molar-refractivity contribution < 1.29 is 80.4 Å². The van der Waals surface area contributed by atoms with E-state index in [-0.39, 0.29) is 11.3 Å². The highest BCUT2D eigenvalue weighted by atomic mass is 19.4. The summed E-state index contributed by atoms with van der Waals surface area (Å²) < 4.78 is 222. The molecule has 2 aliphatic carbocycles. The standard InChI is InChI=1S/C37H26F14O4/c1-21-3-9-24(10-4-21)33(36(46,47)48,37(49,50)51)25-11-17-27(18-12-25)54-32(43)20-30(40,41)35(32,45)55-28-15-7-23(8-16-28)22-5-13-26(14-6-22)53-31(42)19-29(38,39)34(31,44)52-2/h3-18H,19-20H2,1-2H3. The average molecular weight is 801 g/mol. The van der Waals surface area contributed by atoms with E-state index in [1.165, 1.54) is 31.2 Å². The largest absolute Gasteiger partial charge is 0.452 e. The monoisotopic (exact) mass is 800 g/mol. The Hall–Kier alpha value is -4.74. The van der Waals surface area contributed by atoms with Gasteiger partial charge in [-0.3, -0.25) is 0 Å². The van der Waals surface area contributed by atoms with Gasteiger partial charge in [0.05, 0.1) is 12.8 Å². The van der Waals surface area contributed by atoms with Gasteiger partial charge in [0.15, 0.2) is 0 Å². The van der Waals surface area contributed by atoms with Crippen molar-refractivity contribution in [3.8, 4) is 28.4 Å². The van der Waals surface area contributed by atoms with Crippen LogP contribution in [0.4, 0.5) is 61.5 Å². The minimum Gasteiger partial charge on any atom is -0.452 e. The van der Waals surface area contributed by atoms with Gasteiger partial charge in [0, 0.05) is 7.11 Å². The van der Waals surface area contributed by atoms with E-state index in [0.29, 0.717) is 54.6 Å². The molecule has 0 amide bonds. The van der Waals surface area contributed by atoms with Crippen molar-refractivity contribution in [2.75, 3.05) is 7.11 Å². The number of rotatable bonds is 10. The lowest BCUT2D eigenvalue weighted by Crippen LogP contribution is -2.76. The Morgan fingerprint density at radius 3 is 1.13 bits per heavy atom. The molecule has 0 bridgehead atoms. The third-order valence-corrected chi connectivity index (χ3v) is 9.56. The van der Waals surface area contributed by atoms with Crippen molar-refractivity contribution in [3.63, 3.8) is 0 Å². The van der Waals surface area contributed by atoms with Gasteiger partial charge in [-0.05, 0) is 65.6 Å². The van der Waals surface area contributed by atoms with E-state index < -0.39 is 88.5 Å². The molecule has 6 rings (SSSR count). The Morgan fingerprint density at radius 2 is 0.782 bits per heavy atom. The van der Waals surface area contributed by atoms with E-state index in [0.717, 1.165) is 36.4 Å². The van der Waals surface area contributed by atoms with Gasteiger partial charge in [-0.15, -0.1) is 0 Å². The molecule has 296 valence electrons. The quantitative estimate of drug-likeness (QED) is 0.150. The van der Waals surface area contributed by atoms with E-state index in [4.69, 9.17) is 14.2 Å². The zero-order chi connectivity index (χ0) is 40.7. The Morgan fingerprint density at radius 1 is 0.455 bits per heavy atom. The molecule has 4 nitrogen and oxygen atoms in total. The maximum Gasteiger partial charge on any atom is 0.411 e. The number of hydrogen-bond acceptors (Lipinski definition) is 4. The van der Waals surface area contributed by atoms with Crippen LogP contribution < -0.4 is 14.2 Å². The van der Waals surface area contributed by atoms with Crippen LogP contribution >= 0.6 is 0 Å². The summed E-state index contributed by atoms with van der Waals surface area (Å²) in [6, 6.07) is 13.9. The van der Waals surface area contributed by atoms with E-state index in [2.05, 4.69) is 4.74 Å². The lowest BCUT2D eigenvalue weighted by molar-refractivity contribution is -0.444. The van der Waals surface area contributed by atoms with Gasteiger partial charge in [0.25, 0.3) is 0 Å². The minimum absolute atomic E-state index is 0.274. The molecular formula is C37H26F14O4. The first-order valence-electron chi connectivity index (χ1n) is 15.9. The fraction of sp³-hybridized carbons (Fsp3) is 0.351. The summed E-state index contributed by atoms with van der Waals surface area (Å²) >= 11 is 0. The topological polar surface area (TPSA) is 36.9 Å². The lowest BCUT2D eigenvalue weighted by atomic mass is 9.72. The minimum atomic E-state index is -5.96. The SMILES string of the molecule is COC1(F)C(F)(F)CC1(F)Oc1ccc(-c2ccc(OC3(F)C(F)(F)CC3(F)Oc3ccc(C(c4ccc(C)cc4)(C(F)(F)F)C(F)(F)F)cc3)cc2)cc1. The summed E-state index contributed by atoms with van der Waals surface area (Å²) in [5.41, 5.74) is -6.19. The molecule has 2 saturated carbocycles. The summed E-state index contributed by atoms with van der Waals surface area (Å²) in [5.74, 6) is -26.7. The van der Waals surface area contributed by atoms with Crippen molar-refractivity contribution in [2.24, 2.45) is 0 Å². The van der Waals surface area contributed by atoms with Crippen molar-refractivity contribution in [1.29, 1.82) is 0 Å². The van der Waals surface area contributed by atoms with Crippen molar-refractivity contribution >= 4 is 0 Å². The van der Waals surface area contributed by atoms with Crippen molar-refractivity contribution in [2.45, 2.75) is 72.8 Å². The molecule has 4 atom stereocenters. The Bertz CT molecular complexity index is 2000. The van der Waals surface area contributed by atoms with Crippen LogP contribution in [0.1, 0.15) is 29.5 Å². The summed E-state index contributed by atoms with van der Waals surface area (Å²) in [7, 11) is 0.543. The molecule has 0 spiro atoms. The Labute approximate surface area is 302 Å². The van der Waals surface area contributed by atoms with Crippen LogP contribution in [0.3, 0.4) is 0 Å². The fourth-order valence-electron chi connectivity index (χ4n) is 6.54. The second-order valence-corrected chi connectivity index (χ2v) is 13.1. The van der Waals surface area contributed by atoms with Crippen molar-refractivity contribution in [1.82, 2.24) is 0 Å². The van der Waals surface area contributed by atoms with Gasteiger partial charge in [-0.2, -0.15) is 61.5 Å². The normalized spacial score (nSPS) is 27.4. The van der Waals surface area contributed by atoms with Crippen LogP contribution in [-0.4, -0.2) is 54.7 Å². The highest BCUT2D eigenvalue weighted by molar-refractivity contribution is 5.65. The molecule has 0 aromatic heterocycles. The van der Waals surface area contributed by atoms with Gasteiger partial charge in [-0.1, -0.05) is 66.2 Å². The van der Waals surface area contributed by atoms with E-state index in [1.807, 2.05) is 0 Å². The molecule has 0 heterocycles. The van der Waals surface area contributed by atoms with Crippen LogP contribution in [0.25, 0.3) is 11.1 Å². The van der Waals surface area contributed by atoms with Gasteiger partial charge >= 0.3 is 47.6 Å². The second-order valence-electron chi connectivity index (χ2n) is 13.1. The van der Waals surface area contributed by atoms with E-state index in [1.54, 1.807) is 0 Å². The van der Waals surface area contributed by atoms with E-state index >= 15 is 8.78 Å². The first-order chi connectivity index (χ1) is 25.3. The van der Waals surface area contributed by atoms with E-state index in [9.17, 15) is 52.7 Å². The number of halogens is 14. The predicted molar refractivity (Wildman–Crippen MR) is 166 cm³/mol.